The molecular formula is C16H25N3O2. The van der Waals surface area contributed by atoms with E-state index in [1.54, 1.807) is 0 Å². The number of hydrogen-bond acceptors (Lipinski definition) is 4. The summed E-state index contributed by atoms with van der Waals surface area (Å²) in [4.78, 5) is 14.4. The van der Waals surface area contributed by atoms with E-state index in [4.69, 9.17) is 10.5 Å². The van der Waals surface area contributed by atoms with E-state index in [0.29, 0.717) is 6.54 Å². The molecule has 5 nitrogen and oxygen atoms in total. The lowest BCUT2D eigenvalue weighted by Gasteiger charge is -2.42. The number of nitrogens with one attached hydrogen (secondary N) is 1. The van der Waals surface area contributed by atoms with Gasteiger partial charge in [0.15, 0.2) is 0 Å². The molecule has 2 rings (SSSR count). The van der Waals surface area contributed by atoms with E-state index in [1.807, 2.05) is 30.3 Å². The van der Waals surface area contributed by atoms with E-state index in [-0.39, 0.29) is 11.4 Å². The first-order chi connectivity index (χ1) is 10.0. The number of amides is 1. The zero-order valence-electron chi connectivity index (χ0n) is 12.8. The second-order valence-electron chi connectivity index (χ2n) is 6.03. The number of nitrogens with zero attached hydrogens (tertiary/aromatic N) is 1. The Labute approximate surface area is 126 Å². The van der Waals surface area contributed by atoms with Crippen LogP contribution in [0.4, 0.5) is 0 Å². The number of benzene rings is 1. The molecule has 1 unspecified atom stereocenters. The van der Waals surface area contributed by atoms with Crippen LogP contribution >= 0.6 is 0 Å². The lowest BCUT2D eigenvalue weighted by atomic mass is 10.0. The molecule has 5 heteroatoms. The van der Waals surface area contributed by atoms with Crippen LogP contribution in [0.2, 0.25) is 0 Å². The van der Waals surface area contributed by atoms with Crippen LogP contribution < -0.4 is 11.1 Å². The van der Waals surface area contributed by atoms with E-state index in [0.717, 1.165) is 31.9 Å². The van der Waals surface area contributed by atoms with Crippen LogP contribution in [0.1, 0.15) is 25.5 Å². The molecule has 0 aliphatic carbocycles. The summed E-state index contributed by atoms with van der Waals surface area (Å²) in [6, 6.07) is 8.82. The Kier molecular flexibility index (Phi) is 5.33. The Morgan fingerprint density at radius 3 is 2.81 bits per heavy atom. The molecule has 1 aliphatic rings. The number of carbonyl (C=O) groups is 1. The van der Waals surface area contributed by atoms with E-state index in [2.05, 4.69) is 24.1 Å². The Morgan fingerprint density at radius 2 is 2.14 bits per heavy atom. The minimum atomic E-state index is -0.608. The van der Waals surface area contributed by atoms with Crippen molar-refractivity contribution < 1.29 is 9.53 Å². The molecule has 1 amide bonds. The van der Waals surface area contributed by atoms with Gasteiger partial charge < -0.3 is 15.8 Å². The fourth-order valence-corrected chi connectivity index (χ4v) is 2.54. The molecular weight excluding hydrogens is 266 g/mol. The van der Waals surface area contributed by atoms with Gasteiger partial charge in [0.25, 0.3) is 0 Å². The Hall–Kier alpha value is -1.43. The molecule has 1 aromatic rings. The molecule has 1 heterocycles. The smallest absolute Gasteiger partial charge is 0.241 e. The Bertz CT molecular complexity index is 462. The van der Waals surface area contributed by atoms with Crippen molar-refractivity contribution in [3.05, 3.63) is 35.9 Å². The fraction of sp³-hybridized carbons (Fsp3) is 0.562. The zero-order chi connectivity index (χ0) is 15.3. The number of morpholine rings is 1. The van der Waals surface area contributed by atoms with Crippen LogP contribution in [0.25, 0.3) is 0 Å². The van der Waals surface area contributed by atoms with Crippen molar-refractivity contribution in [1.82, 2.24) is 10.2 Å². The minimum Gasteiger partial charge on any atom is -0.378 e. The molecule has 0 saturated carbocycles. The van der Waals surface area contributed by atoms with Crippen LogP contribution in [0.5, 0.6) is 0 Å². The largest absolute Gasteiger partial charge is 0.378 e. The molecule has 1 aromatic carbocycles. The number of rotatable bonds is 5. The first kappa shape index (κ1) is 15.9. The summed E-state index contributed by atoms with van der Waals surface area (Å²) in [5.74, 6) is -0.132. The normalized spacial score (nSPS) is 20.0. The van der Waals surface area contributed by atoms with Crippen molar-refractivity contribution in [1.29, 1.82) is 0 Å². The summed E-state index contributed by atoms with van der Waals surface area (Å²) >= 11 is 0. The van der Waals surface area contributed by atoms with Crippen molar-refractivity contribution in [2.24, 2.45) is 5.73 Å². The highest BCUT2D eigenvalue weighted by Crippen LogP contribution is 2.18. The average Bonchev–Trinajstić information content (AvgIpc) is 2.48. The summed E-state index contributed by atoms with van der Waals surface area (Å²) in [5, 5.41) is 2.92. The maximum absolute atomic E-state index is 12.1. The van der Waals surface area contributed by atoms with E-state index < -0.39 is 6.04 Å². The van der Waals surface area contributed by atoms with Crippen LogP contribution in [0.15, 0.2) is 30.3 Å². The number of carbonyl (C=O) groups excluding carboxylic acids is 1. The molecule has 0 aromatic heterocycles. The van der Waals surface area contributed by atoms with Gasteiger partial charge in [-0.2, -0.15) is 0 Å². The van der Waals surface area contributed by atoms with Crippen LogP contribution in [0, 0.1) is 0 Å². The highest BCUT2D eigenvalue weighted by atomic mass is 16.5. The van der Waals surface area contributed by atoms with Crippen molar-refractivity contribution >= 4 is 5.91 Å². The van der Waals surface area contributed by atoms with Gasteiger partial charge in [-0.25, -0.2) is 0 Å². The van der Waals surface area contributed by atoms with Gasteiger partial charge in [-0.15, -0.1) is 0 Å². The van der Waals surface area contributed by atoms with Crippen LogP contribution in [-0.2, 0) is 9.53 Å². The highest BCUT2D eigenvalue weighted by molar-refractivity contribution is 5.82. The van der Waals surface area contributed by atoms with Crippen LogP contribution in [0.3, 0.4) is 0 Å². The summed E-state index contributed by atoms with van der Waals surface area (Å²) < 4.78 is 5.49. The lowest BCUT2D eigenvalue weighted by molar-refractivity contribution is -0.122. The van der Waals surface area contributed by atoms with Crippen molar-refractivity contribution in [2.45, 2.75) is 25.4 Å². The third-order valence-electron chi connectivity index (χ3n) is 3.94. The van der Waals surface area contributed by atoms with Crippen molar-refractivity contribution in [3.63, 3.8) is 0 Å². The lowest BCUT2D eigenvalue weighted by Crippen LogP contribution is -2.55. The van der Waals surface area contributed by atoms with Gasteiger partial charge in [-0.3, -0.25) is 9.69 Å². The molecule has 1 fully saturated rings. The molecule has 21 heavy (non-hydrogen) atoms. The van der Waals surface area contributed by atoms with Gasteiger partial charge in [0.1, 0.15) is 6.04 Å². The fourth-order valence-electron chi connectivity index (χ4n) is 2.54. The van der Waals surface area contributed by atoms with E-state index in [9.17, 15) is 4.79 Å². The molecule has 0 radical (unpaired) electrons. The molecule has 1 atom stereocenters. The molecule has 0 spiro atoms. The molecule has 1 saturated heterocycles. The summed E-state index contributed by atoms with van der Waals surface area (Å²) in [6.45, 7) is 8.10. The zero-order valence-corrected chi connectivity index (χ0v) is 12.8. The third kappa shape index (κ3) is 4.27. The van der Waals surface area contributed by atoms with Crippen molar-refractivity contribution in [3.8, 4) is 0 Å². The van der Waals surface area contributed by atoms with Gasteiger partial charge in [-0.05, 0) is 19.4 Å². The second-order valence-corrected chi connectivity index (χ2v) is 6.03. The highest BCUT2D eigenvalue weighted by Gasteiger charge is 2.30. The van der Waals surface area contributed by atoms with E-state index in [1.165, 1.54) is 0 Å². The first-order valence-corrected chi connectivity index (χ1v) is 7.42. The summed E-state index contributed by atoms with van der Waals surface area (Å²) in [7, 11) is 0. The van der Waals surface area contributed by atoms with Crippen LogP contribution in [-0.4, -0.2) is 49.2 Å². The first-order valence-electron chi connectivity index (χ1n) is 7.42. The Balaban J connectivity index is 1.79. The SMILES string of the molecule is CC1(C)COCCN1CCNC(=O)C(N)c1ccccc1. The standard InChI is InChI=1S/C16H25N3O2/c1-16(2)12-21-11-10-19(16)9-8-18-15(20)14(17)13-6-4-3-5-7-13/h3-7,14H,8-12,17H2,1-2H3,(H,18,20). The maximum Gasteiger partial charge on any atom is 0.241 e. The maximum atomic E-state index is 12.1. The van der Waals surface area contributed by atoms with Crippen molar-refractivity contribution in [2.75, 3.05) is 32.8 Å². The van der Waals surface area contributed by atoms with Gasteiger partial charge in [-0.1, -0.05) is 30.3 Å². The van der Waals surface area contributed by atoms with Gasteiger partial charge in [0.2, 0.25) is 5.91 Å². The predicted octanol–water partition coefficient (Wildman–Crippen LogP) is 0.913. The number of hydrogen-bond donors (Lipinski definition) is 2. The summed E-state index contributed by atoms with van der Waals surface area (Å²) in [5.41, 5.74) is 6.82. The van der Waals surface area contributed by atoms with Gasteiger partial charge in [0, 0.05) is 25.2 Å². The topological polar surface area (TPSA) is 67.6 Å². The number of nitrogens with two attached hydrogens (primary N) is 1. The molecule has 1 aliphatic heterocycles. The molecule has 116 valence electrons. The Morgan fingerprint density at radius 1 is 1.43 bits per heavy atom. The molecule has 0 bridgehead atoms. The number of ether oxygens (including phenoxy) is 1. The van der Waals surface area contributed by atoms with E-state index >= 15 is 0 Å². The molecule has 3 N–H and O–H groups in total. The third-order valence-corrected chi connectivity index (χ3v) is 3.94. The van der Waals surface area contributed by atoms with Gasteiger partial charge >= 0.3 is 0 Å². The predicted molar refractivity (Wildman–Crippen MR) is 82.9 cm³/mol. The average molecular weight is 291 g/mol. The monoisotopic (exact) mass is 291 g/mol. The minimum absolute atomic E-state index is 0.0184. The second kappa shape index (κ2) is 7.02. The quantitative estimate of drug-likeness (QED) is 0.846. The summed E-state index contributed by atoms with van der Waals surface area (Å²) in [6.07, 6.45) is 0. The van der Waals surface area contributed by atoms with Gasteiger partial charge in [0.05, 0.1) is 13.2 Å².